The van der Waals surface area contributed by atoms with E-state index in [1.54, 1.807) is 6.20 Å². The zero-order chi connectivity index (χ0) is 22.2. The van der Waals surface area contributed by atoms with Crippen molar-refractivity contribution in [3.8, 4) is 28.2 Å². The molecule has 0 N–H and O–H groups in total. The summed E-state index contributed by atoms with van der Waals surface area (Å²) in [6.07, 6.45) is 3.71. The van der Waals surface area contributed by atoms with E-state index >= 15 is 0 Å². The summed E-state index contributed by atoms with van der Waals surface area (Å²) in [6.45, 7) is 2.08. The third kappa shape index (κ3) is 3.67. The maximum absolute atomic E-state index is 5.97. The van der Waals surface area contributed by atoms with E-state index in [1.165, 1.54) is 32.1 Å². The fourth-order valence-corrected chi connectivity index (χ4v) is 6.78. The normalized spacial score (nSPS) is 11.7. The average molecular weight is 444 g/mol. The molecule has 3 heterocycles. The first-order valence-electron chi connectivity index (χ1n) is 10.9. The van der Waals surface area contributed by atoms with Gasteiger partial charge in [-0.3, -0.25) is 4.98 Å². The number of hydrogen-bond donors (Lipinski definition) is 0. The number of nitrogens with zero attached hydrogens (tertiary/aromatic N) is 2. The Hall–Kier alpha value is -3.94. The summed E-state index contributed by atoms with van der Waals surface area (Å²) < 4.78 is 5.97. The van der Waals surface area contributed by atoms with Crippen molar-refractivity contribution >= 4 is 28.5 Å². The second-order valence-corrected chi connectivity index (χ2v) is 10.2. The van der Waals surface area contributed by atoms with Crippen LogP contribution in [0.4, 0.5) is 0 Å². The summed E-state index contributed by atoms with van der Waals surface area (Å²) in [5.41, 5.74) is 4.62. The summed E-state index contributed by atoms with van der Waals surface area (Å²) in [5, 5.41) is 5.36. The maximum atomic E-state index is 5.97. The van der Waals surface area contributed by atoms with E-state index in [0.717, 1.165) is 16.7 Å². The molecule has 0 amide bonds. The number of aryl methyl sites for hydroxylation is 1. The topological polar surface area (TPSA) is 35.0 Å². The first-order chi connectivity index (χ1) is 16.3. The van der Waals surface area contributed by atoms with Crippen LogP contribution in [0.5, 0.6) is 11.6 Å². The lowest BCUT2D eigenvalue weighted by Crippen LogP contribution is -1.87. The van der Waals surface area contributed by atoms with Crippen LogP contribution in [0.15, 0.2) is 109 Å². The van der Waals surface area contributed by atoms with Crippen LogP contribution < -0.4 is 4.74 Å². The average Bonchev–Trinajstić information content (AvgIpc) is 3.19. The molecule has 0 aliphatic rings. The molecule has 0 spiro atoms. The molecular weight excluding hydrogens is 423 g/mol. The predicted octanol–water partition coefficient (Wildman–Crippen LogP) is 8.53. The third-order valence-electron chi connectivity index (χ3n) is 5.83. The molecule has 6 aromatic rings. The lowest BCUT2D eigenvalue weighted by Gasteiger charge is -2.08. The molecule has 0 radical (unpaired) electrons. The minimum atomic E-state index is -0.691. The van der Waals surface area contributed by atoms with E-state index in [2.05, 4.69) is 78.6 Å². The van der Waals surface area contributed by atoms with Crippen LogP contribution in [-0.2, 0) is 0 Å². The molecule has 0 fully saturated rings. The minimum absolute atomic E-state index is 0.591. The van der Waals surface area contributed by atoms with Crippen LogP contribution >= 0.6 is 7.53 Å². The van der Waals surface area contributed by atoms with E-state index in [4.69, 9.17) is 9.72 Å². The van der Waals surface area contributed by atoms with Gasteiger partial charge in [0.2, 0.25) is 5.88 Å². The van der Waals surface area contributed by atoms with Gasteiger partial charge in [-0.15, -0.1) is 0 Å². The van der Waals surface area contributed by atoms with Crippen LogP contribution in [0.3, 0.4) is 0 Å². The van der Waals surface area contributed by atoms with Crippen LogP contribution in [0.2, 0.25) is 0 Å². The highest BCUT2D eigenvalue weighted by Gasteiger charge is 2.15. The van der Waals surface area contributed by atoms with Crippen LogP contribution in [0, 0.1) is 6.92 Å². The van der Waals surface area contributed by atoms with Crippen molar-refractivity contribution in [2.24, 2.45) is 0 Å². The van der Waals surface area contributed by atoms with Crippen molar-refractivity contribution in [2.45, 2.75) is 6.92 Å². The number of pyridine rings is 2. The van der Waals surface area contributed by atoms with Gasteiger partial charge in [0, 0.05) is 28.7 Å². The van der Waals surface area contributed by atoms with Gasteiger partial charge < -0.3 is 4.74 Å². The van der Waals surface area contributed by atoms with E-state index in [9.17, 15) is 0 Å². The summed E-state index contributed by atoms with van der Waals surface area (Å²) in [6, 6.07) is 33.7. The van der Waals surface area contributed by atoms with E-state index in [0.29, 0.717) is 5.88 Å². The van der Waals surface area contributed by atoms with Crippen molar-refractivity contribution in [3.63, 3.8) is 0 Å². The molecule has 158 valence electrons. The number of hydrogen-bond acceptors (Lipinski definition) is 3. The van der Waals surface area contributed by atoms with Crippen molar-refractivity contribution in [2.75, 3.05) is 0 Å². The first kappa shape index (κ1) is 19.7. The molecule has 0 saturated carbocycles. The highest BCUT2D eigenvalue weighted by atomic mass is 31.1. The minimum Gasteiger partial charge on any atom is -0.439 e. The summed E-state index contributed by atoms with van der Waals surface area (Å²) >= 11 is 0. The molecule has 0 saturated heterocycles. The van der Waals surface area contributed by atoms with E-state index < -0.39 is 7.53 Å². The molecule has 3 aromatic heterocycles. The molecule has 0 aliphatic carbocycles. The Bertz CT molecular complexity index is 1590. The Morgan fingerprint density at radius 1 is 0.667 bits per heavy atom. The molecule has 0 aliphatic heterocycles. The van der Waals surface area contributed by atoms with Gasteiger partial charge in [0.05, 0.1) is 5.44 Å². The molecule has 1 atom stereocenters. The van der Waals surface area contributed by atoms with E-state index in [1.807, 2.05) is 36.5 Å². The fraction of sp³-hybridized carbons (Fsp3) is 0.0345. The lowest BCUT2D eigenvalue weighted by atomic mass is 10.0. The number of aromatic nitrogens is 2. The Morgan fingerprint density at radius 2 is 1.52 bits per heavy atom. The van der Waals surface area contributed by atoms with Crippen LogP contribution in [0.25, 0.3) is 37.6 Å². The Morgan fingerprint density at radius 3 is 2.36 bits per heavy atom. The van der Waals surface area contributed by atoms with Gasteiger partial charge in [-0.1, -0.05) is 62.1 Å². The fourth-order valence-electron chi connectivity index (χ4n) is 4.26. The maximum Gasteiger partial charge on any atom is 0.219 e. The Labute approximate surface area is 193 Å². The van der Waals surface area contributed by atoms with Crippen molar-refractivity contribution in [3.05, 3.63) is 115 Å². The quantitative estimate of drug-likeness (QED) is 0.273. The summed E-state index contributed by atoms with van der Waals surface area (Å²) in [7, 11) is -0.691. The molecule has 33 heavy (non-hydrogen) atoms. The number of rotatable bonds is 4. The number of benzene rings is 3. The van der Waals surface area contributed by atoms with Crippen molar-refractivity contribution in [1.29, 1.82) is 0 Å². The van der Waals surface area contributed by atoms with Crippen molar-refractivity contribution < 1.29 is 4.74 Å². The van der Waals surface area contributed by atoms with Gasteiger partial charge >= 0.3 is 0 Å². The third-order valence-corrected chi connectivity index (χ3v) is 8.27. The Balaban J connectivity index is 1.50. The second-order valence-electron chi connectivity index (χ2n) is 8.08. The summed E-state index contributed by atoms with van der Waals surface area (Å²) in [4.78, 5) is 9.09. The highest BCUT2D eigenvalue weighted by Crippen LogP contribution is 2.54. The first-order valence-corrected chi connectivity index (χ1v) is 12.3. The SMILES string of the molecule is Cc1ccc(-p2c3ccccc3c3ccc(-c4cccc(Oc5ccccn5)c4)cc32)nc1. The number of ether oxygens (including phenoxy) is 1. The molecule has 3 aromatic carbocycles. The second kappa shape index (κ2) is 8.20. The van der Waals surface area contributed by atoms with Crippen LogP contribution in [0.1, 0.15) is 5.56 Å². The van der Waals surface area contributed by atoms with Crippen molar-refractivity contribution in [1.82, 2.24) is 9.97 Å². The standard InChI is InChI=1S/C29H21N2OP/c1-20-12-15-29(31-19-20)33-26-10-3-2-9-24(26)25-14-13-22(18-27(25)33)21-7-6-8-23(17-21)32-28-11-4-5-16-30-28/h2-19H,1H3. The van der Waals surface area contributed by atoms with Crippen LogP contribution in [-0.4, -0.2) is 9.97 Å². The van der Waals surface area contributed by atoms with Gasteiger partial charge in [-0.2, -0.15) is 0 Å². The Kier molecular flexibility index (Phi) is 4.90. The number of fused-ring (bicyclic) bond motifs is 3. The summed E-state index contributed by atoms with van der Waals surface area (Å²) in [5.74, 6) is 1.37. The van der Waals surface area contributed by atoms with Gasteiger partial charge in [0.1, 0.15) is 5.75 Å². The van der Waals surface area contributed by atoms with E-state index in [-0.39, 0.29) is 0 Å². The monoisotopic (exact) mass is 444 g/mol. The molecule has 0 bridgehead atoms. The predicted molar refractivity (Wildman–Crippen MR) is 138 cm³/mol. The zero-order valence-electron chi connectivity index (χ0n) is 18.1. The molecular formula is C29H21N2OP. The lowest BCUT2D eigenvalue weighted by molar-refractivity contribution is 0.463. The molecule has 4 heteroatoms. The molecule has 3 nitrogen and oxygen atoms in total. The van der Waals surface area contributed by atoms with Gasteiger partial charge in [-0.05, 0) is 70.8 Å². The zero-order valence-corrected chi connectivity index (χ0v) is 19.0. The molecule has 1 unspecified atom stereocenters. The van der Waals surface area contributed by atoms with Gasteiger partial charge in [0.15, 0.2) is 0 Å². The highest BCUT2D eigenvalue weighted by molar-refractivity contribution is 7.67. The molecule has 6 rings (SSSR count). The van der Waals surface area contributed by atoms with Gasteiger partial charge in [-0.25, -0.2) is 4.98 Å². The largest absolute Gasteiger partial charge is 0.439 e. The smallest absolute Gasteiger partial charge is 0.219 e. The van der Waals surface area contributed by atoms with Gasteiger partial charge in [0.25, 0.3) is 0 Å².